The van der Waals surface area contributed by atoms with E-state index in [1.807, 2.05) is 24.3 Å². The zero-order valence-electron chi connectivity index (χ0n) is 13.1. The molecule has 2 aromatic rings. The Kier molecular flexibility index (Phi) is 4.78. The molecule has 0 amide bonds. The van der Waals surface area contributed by atoms with E-state index in [1.54, 1.807) is 13.3 Å². The average molecular weight is 300 g/mol. The van der Waals surface area contributed by atoms with Crippen molar-refractivity contribution in [2.45, 2.75) is 25.7 Å². The van der Waals surface area contributed by atoms with Gasteiger partial charge in [0.05, 0.1) is 19.2 Å². The molecular weight excluding hydrogens is 276 g/mol. The minimum absolute atomic E-state index is 0.608. The fraction of sp³-hybridized carbons (Fsp3) is 0.500. The van der Waals surface area contributed by atoms with E-state index in [2.05, 4.69) is 4.98 Å². The van der Waals surface area contributed by atoms with Crippen molar-refractivity contribution in [1.29, 1.82) is 0 Å². The van der Waals surface area contributed by atoms with Gasteiger partial charge in [-0.15, -0.1) is 0 Å². The molecule has 22 heavy (non-hydrogen) atoms. The lowest BCUT2D eigenvalue weighted by Crippen LogP contribution is -2.25. The van der Waals surface area contributed by atoms with Crippen molar-refractivity contribution < 1.29 is 9.47 Å². The zero-order chi connectivity index (χ0) is 15.4. The van der Waals surface area contributed by atoms with Gasteiger partial charge < -0.3 is 15.2 Å². The normalized spacial score (nSPS) is 21.7. The molecular formula is C18H24N2O2. The topological polar surface area (TPSA) is 57.4 Å². The van der Waals surface area contributed by atoms with Gasteiger partial charge in [0.2, 0.25) is 0 Å². The maximum absolute atomic E-state index is 6.11. The molecule has 1 aliphatic carbocycles. The summed E-state index contributed by atoms with van der Waals surface area (Å²) < 4.78 is 11.4. The minimum Gasteiger partial charge on any atom is -0.497 e. The van der Waals surface area contributed by atoms with Crippen LogP contribution >= 0.6 is 0 Å². The summed E-state index contributed by atoms with van der Waals surface area (Å²) in [6.07, 6.45) is 6.75. The van der Waals surface area contributed by atoms with Gasteiger partial charge in [-0.2, -0.15) is 0 Å². The van der Waals surface area contributed by atoms with Crippen molar-refractivity contribution in [3.63, 3.8) is 0 Å². The van der Waals surface area contributed by atoms with Gasteiger partial charge in [-0.25, -0.2) is 0 Å². The van der Waals surface area contributed by atoms with Crippen molar-refractivity contribution in [2.24, 2.45) is 17.6 Å². The van der Waals surface area contributed by atoms with Crippen LogP contribution in [0.4, 0.5) is 0 Å². The summed E-state index contributed by atoms with van der Waals surface area (Å²) in [7, 11) is 1.67. The van der Waals surface area contributed by atoms with E-state index in [9.17, 15) is 0 Å². The SMILES string of the molecule is COc1ccc2nccc(OCC3CCCC(CN)C3)c2c1. The molecule has 1 fully saturated rings. The second-order valence-corrected chi connectivity index (χ2v) is 6.14. The molecule has 118 valence electrons. The first kappa shape index (κ1) is 15.1. The van der Waals surface area contributed by atoms with E-state index in [0.29, 0.717) is 11.8 Å². The summed E-state index contributed by atoms with van der Waals surface area (Å²) in [5.74, 6) is 2.98. The summed E-state index contributed by atoms with van der Waals surface area (Å²) in [5, 5.41) is 1.01. The Hall–Kier alpha value is -1.81. The Morgan fingerprint density at radius 3 is 2.91 bits per heavy atom. The second-order valence-electron chi connectivity index (χ2n) is 6.14. The first-order valence-electron chi connectivity index (χ1n) is 8.05. The van der Waals surface area contributed by atoms with E-state index in [-0.39, 0.29) is 0 Å². The first-order valence-corrected chi connectivity index (χ1v) is 8.05. The highest BCUT2D eigenvalue weighted by atomic mass is 16.5. The maximum Gasteiger partial charge on any atom is 0.130 e. The molecule has 2 atom stereocenters. The summed E-state index contributed by atoms with van der Waals surface area (Å²) in [4.78, 5) is 4.39. The standard InChI is InChI=1S/C18H24N2O2/c1-21-15-5-6-17-16(10-15)18(7-8-20-17)22-12-14-4-2-3-13(9-14)11-19/h5-8,10,13-14H,2-4,9,11-12,19H2,1H3. The van der Waals surface area contributed by atoms with Crippen LogP contribution in [0.5, 0.6) is 11.5 Å². The van der Waals surface area contributed by atoms with Crippen LogP contribution in [0, 0.1) is 11.8 Å². The fourth-order valence-corrected chi connectivity index (χ4v) is 3.33. The van der Waals surface area contributed by atoms with Crippen LogP contribution in [0.15, 0.2) is 30.5 Å². The number of aromatic nitrogens is 1. The van der Waals surface area contributed by atoms with E-state index in [4.69, 9.17) is 15.2 Å². The molecule has 2 unspecified atom stereocenters. The van der Waals surface area contributed by atoms with Gasteiger partial charge in [0.15, 0.2) is 0 Å². The molecule has 4 heteroatoms. The number of nitrogens with two attached hydrogens (primary N) is 1. The van der Waals surface area contributed by atoms with Gasteiger partial charge in [-0.1, -0.05) is 6.42 Å². The van der Waals surface area contributed by atoms with Crippen LogP contribution in [0.3, 0.4) is 0 Å². The average Bonchev–Trinajstić information content (AvgIpc) is 2.59. The maximum atomic E-state index is 6.11. The van der Waals surface area contributed by atoms with Crippen molar-refractivity contribution in [3.05, 3.63) is 30.5 Å². The highest BCUT2D eigenvalue weighted by Gasteiger charge is 2.21. The number of fused-ring (bicyclic) bond motifs is 1. The lowest BCUT2D eigenvalue weighted by atomic mass is 9.82. The molecule has 3 rings (SSSR count). The Balaban J connectivity index is 1.73. The molecule has 0 saturated heterocycles. The quantitative estimate of drug-likeness (QED) is 0.919. The fourth-order valence-electron chi connectivity index (χ4n) is 3.33. The van der Waals surface area contributed by atoms with Gasteiger partial charge in [0.1, 0.15) is 11.5 Å². The third-order valence-electron chi connectivity index (χ3n) is 4.61. The van der Waals surface area contributed by atoms with Crippen LogP contribution in [0.1, 0.15) is 25.7 Å². The van der Waals surface area contributed by atoms with Crippen molar-refractivity contribution in [3.8, 4) is 11.5 Å². The number of methoxy groups -OCH3 is 1. The summed E-state index contributed by atoms with van der Waals surface area (Å²) in [5.41, 5.74) is 6.75. The highest BCUT2D eigenvalue weighted by Crippen LogP contribution is 2.31. The van der Waals surface area contributed by atoms with Crippen LogP contribution in [-0.4, -0.2) is 25.2 Å². The van der Waals surface area contributed by atoms with E-state index in [1.165, 1.54) is 25.7 Å². The number of hydrogen-bond acceptors (Lipinski definition) is 4. The summed E-state index contributed by atoms with van der Waals surface area (Å²) in [6, 6.07) is 7.81. The number of ether oxygens (including phenoxy) is 2. The lowest BCUT2D eigenvalue weighted by molar-refractivity contribution is 0.179. The van der Waals surface area contributed by atoms with Crippen LogP contribution < -0.4 is 15.2 Å². The lowest BCUT2D eigenvalue weighted by Gasteiger charge is -2.28. The molecule has 0 aliphatic heterocycles. The van der Waals surface area contributed by atoms with E-state index >= 15 is 0 Å². The van der Waals surface area contributed by atoms with Crippen molar-refractivity contribution in [1.82, 2.24) is 4.98 Å². The number of nitrogens with zero attached hydrogens (tertiary/aromatic N) is 1. The summed E-state index contributed by atoms with van der Waals surface area (Å²) >= 11 is 0. The van der Waals surface area contributed by atoms with Gasteiger partial charge >= 0.3 is 0 Å². The molecule has 1 heterocycles. The predicted molar refractivity (Wildman–Crippen MR) is 88.3 cm³/mol. The van der Waals surface area contributed by atoms with Crippen LogP contribution in [-0.2, 0) is 0 Å². The molecule has 0 spiro atoms. The molecule has 1 saturated carbocycles. The number of hydrogen-bond donors (Lipinski definition) is 1. The van der Waals surface area contributed by atoms with Gasteiger partial charge in [-0.05, 0) is 61.9 Å². The highest BCUT2D eigenvalue weighted by molar-refractivity contribution is 5.86. The number of pyridine rings is 1. The Morgan fingerprint density at radius 1 is 1.23 bits per heavy atom. The minimum atomic E-state index is 0.608. The Bertz CT molecular complexity index is 630. The van der Waals surface area contributed by atoms with E-state index in [0.717, 1.165) is 35.6 Å². The summed E-state index contributed by atoms with van der Waals surface area (Å²) in [6.45, 7) is 1.55. The molecule has 1 aliphatic rings. The smallest absolute Gasteiger partial charge is 0.130 e. The Labute approximate surface area is 131 Å². The van der Waals surface area contributed by atoms with Gasteiger partial charge in [-0.3, -0.25) is 4.98 Å². The first-order chi connectivity index (χ1) is 10.8. The third kappa shape index (κ3) is 3.33. The van der Waals surface area contributed by atoms with Crippen LogP contribution in [0.25, 0.3) is 10.9 Å². The molecule has 1 aromatic heterocycles. The van der Waals surface area contributed by atoms with Crippen molar-refractivity contribution >= 4 is 10.9 Å². The number of benzene rings is 1. The van der Waals surface area contributed by atoms with E-state index < -0.39 is 0 Å². The second kappa shape index (κ2) is 6.97. The third-order valence-corrected chi connectivity index (χ3v) is 4.61. The molecule has 4 nitrogen and oxygen atoms in total. The zero-order valence-corrected chi connectivity index (χ0v) is 13.1. The largest absolute Gasteiger partial charge is 0.497 e. The molecule has 1 aromatic carbocycles. The van der Waals surface area contributed by atoms with Crippen LogP contribution in [0.2, 0.25) is 0 Å². The molecule has 0 bridgehead atoms. The monoisotopic (exact) mass is 300 g/mol. The Morgan fingerprint density at radius 2 is 2.09 bits per heavy atom. The van der Waals surface area contributed by atoms with Gasteiger partial charge in [0, 0.05) is 11.6 Å². The molecule has 0 radical (unpaired) electrons. The predicted octanol–water partition coefficient (Wildman–Crippen LogP) is 3.39. The van der Waals surface area contributed by atoms with Gasteiger partial charge in [0.25, 0.3) is 0 Å². The molecule has 2 N–H and O–H groups in total. The van der Waals surface area contributed by atoms with Crippen molar-refractivity contribution in [2.75, 3.05) is 20.3 Å². The number of rotatable bonds is 5.